The SMILES string of the molecule is Cc1nc(SCC(=O)Nc2cccc(C)c2C)c2c(=O)n(C)c(=O)n(C)c2n1. The predicted octanol–water partition coefficient (Wildman–Crippen LogP) is 1.68. The van der Waals surface area contributed by atoms with Crippen LogP contribution in [0.15, 0.2) is 32.8 Å². The lowest BCUT2D eigenvalue weighted by atomic mass is 10.1. The normalized spacial score (nSPS) is 11.0. The van der Waals surface area contributed by atoms with Gasteiger partial charge in [-0.05, 0) is 38.0 Å². The van der Waals surface area contributed by atoms with Gasteiger partial charge in [-0.3, -0.25) is 18.7 Å². The van der Waals surface area contributed by atoms with Crippen molar-refractivity contribution in [3.8, 4) is 0 Å². The van der Waals surface area contributed by atoms with E-state index in [0.717, 1.165) is 33.1 Å². The van der Waals surface area contributed by atoms with Crippen molar-refractivity contribution in [2.45, 2.75) is 25.8 Å². The Hall–Kier alpha value is -2.94. The Bertz CT molecular complexity index is 1210. The molecule has 0 unspecified atom stereocenters. The van der Waals surface area contributed by atoms with Crippen molar-refractivity contribution in [1.82, 2.24) is 19.1 Å². The van der Waals surface area contributed by atoms with Gasteiger partial charge in [0.05, 0.1) is 5.75 Å². The Morgan fingerprint density at radius 3 is 2.54 bits per heavy atom. The number of hydrogen-bond acceptors (Lipinski definition) is 6. The van der Waals surface area contributed by atoms with Crippen LogP contribution in [0.2, 0.25) is 0 Å². The van der Waals surface area contributed by atoms with E-state index in [1.807, 2.05) is 32.0 Å². The summed E-state index contributed by atoms with van der Waals surface area (Å²) in [5, 5.41) is 3.51. The van der Waals surface area contributed by atoms with Gasteiger partial charge in [0, 0.05) is 19.8 Å². The molecule has 1 aromatic carbocycles. The van der Waals surface area contributed by atoms with Gasteiger partial charge in [-0.25, -0.2) is 14.8 Å². The highest BCUT2D eigenvalue weighted by atomic mass is 32.2. The lowest BCUT2D eigenvalue weighted by Crippen LogP contribution is -2.37. The van der Waals surface area contributed by atoms with Crippen molar-refractivity contribution < 1.29 is 4.79 Å². The molecule has 2 heterocycles. The third-order valence-corrected chi connectivity index (χ3v) is 5.57. The molecule has 0 atom stereocenters. The number of anilines is 1. The van der Waals surface area contributed by atoms with Gasteiger partial charge < -0.3 is 5.32 Å². The monoisotopic (exact) mass is 399 g/mol. The van der Waals surface area contributed by atoms with E-state index in [-0.39, 0.29) is 22.7 Å². The third kappa shape index (κ3) is 3.57. The number of fused-ring (bicyclic) bond motifs is 1. The Kier molecular flexibility index (Phi) is 5.37. The molecule has 28 heavy (non-hydrogen) atoms. The minimum absolute atomic E-state index is 0.0743. The van der Waals surface area contributed by atoms with E-state index in [9.17, 15) is 14.4 Å². The van der Waals surface area contributed by atoms with Crippen molar-refractivity contribution in [2.75, 3.05) is 11.1 Å². The molecule has 3 aromatic rings. The van der Waals surface area contributed by atoms with Crippen LogP contribution in [-0.2, 0) is 18.9 Å². The summed E-state index contributed by atoms with van der Waals surface area (Å²) in [7, 11) is 2.96. The number of aromatic nitrogens is 4. The smallest absolute Gasteiger partial charge is 0.325 e. The first kappa shape index (κ1) is 19.8. The maximum Gasteiger partial charge on any atom is 0.332 e. The maximum atomic E-state index is 12.6. The summed E-state index contributed by atoms with van der Waals surface area (Å²) in [6, 6.07) is 5.72. The van der Waals surface area contributed by atoms with Gasteiger partial charge in [0.25, 0.3) is 5.56 Å². The van der Waals surface area contributed by atoms with E-state index in [1.54, 1.807) is 14.0 Å². The van der Waals surface area contributed by atoms with Crippen LogP contribution >= 0.6 is 11.8 Å². The second-order valence-electron chi connectivity index (χ2n) is 6.56. The quantitative estimate of drug-likeness (QED) is 0.529. The number of carbonyl (C=O) groups excluding carboxylic acids is 1. The lowest BCUT2D eigenvalue weighted by Gasteiger charge is -2.12. The number of nitrogens with one attached hydrogen (secondary N) is 1. The summed E-state index contributed by atoms with van der Waals surface area (Å²) in [5.74, 6) is 0.295. The predicted molar refractivity (Wildman–Crippen MR) is 110 cm³/mol. The van der Waals surface area contributed by atoms with Crippen molar-refractivity contribution in [1.29, 1.82) is 0 Å². The van der Waals surface area contributed by atoms with Gasteiger partial charge in [-0.15, -0.1) is 0 Å². The van der Waals surface area contributed by atoms with Crippen LogP contribution in [0.1, 0.15) is 17.0 Å². The Morgan fingerprint density at radius 1 is 1.11 bits per heavy atom. The van der Waals surface area contributed by atoms with Crippen LogP contribution in [0.4, 0.5) is 5.69 Å². The number of aryl methyl sites for hydroxylation is 3. The largest absolute Gasteiger partial charge is 0.332 e. The van der Waals surface area contributed by atoms with Gasteiger partial charge in [-0.1, -0.05) is 23.9 Å². The average molecular weight is 399 g/mol. The zero-order chi connectivity index (χ0) is 20.6. The fourth-order valence-corrected chi connectivity index (χ4v) is 3.70. The third-order valence-electron chi connectivity index (χ3n) is 4.60. The molecule has 0 spiro atoms. The highest BCUT2D eigenvalue weighted by molar-refractivity contribution is 8.00. The minimum Gasteiger partial charge on any atom is -0.325 e. The molecule has 2 aromatic heterocycles. The molecule has 1 N–H and O–H groups in total. The first-order chi connectivity index (χ1) is 13.2. The molecule has 0 aliphatic heterocycles. The number of thioether (sulfide) groups is 1. The van der Waals surface area contributed by atoms with E-state index in [1.165, 1.54) is 11.6 Å². The van der Waals surface area contributed by atoms with Crippen LogP contribution in [0.3, 0.4) is 0 Å². The number of rotatable bonds is 4. The molecule has 0 bridgehead atoms. The second-order valence-corrected chi connectivity index (χ2v) is 7.53. The van der Waals surface area contributed by atoms with Gasteiger partial charge in [0.15, 0.2) is 5.65 Å². The van der Waals surface area contributed by atoms with E-state index in [4.69, 9.17) is 0 Å². The molecule has 0 aliphatic carbocycles. The highest BCUT2D eigenvalue weighted by Crippen LogP contribution is 2.23. The fourth-order valence-electron chi connectivity index (χ4n) is 2.84. The number of carbonyl (C=O) groups is 1. The number of hydrogen-bond donors (Lipinski definition) is 1. The zero-order valence-electron chi connectivity index (χ0n) is 16.4. The van der Waals surface area contributed by atoms with Gasteiger partial charge in [-0.2, -0.15) is 0 Å². The molecule has 3 rings (SSSR count). The van der Waals surface area contributed by atoms with Crippen molar-refractivity contribution in [2.24, 2.45) is 14.1 Å². The number of nitrogens with zero attached hydrogens (tertiary/aromatic N) is 4. The molecule has 9 heteroatoms. The van der Waals surface area contributed by atoms with Gasteiger partial charge >= 0.3 is 5.69 Å². The van der Waals surface area contributed by atoms with E-state index in [0.29, 0.717) is 10.9 Å². The van der Waals surface area contributed by atoms with Crippen LogP contribution < -0.4 is 16.6 Å². The number of benzene rings is 1. The molecule has 0 fully saturated rings. The van der Waals surface area contributed by atoms with Crippen LogP contribution in [0.25, 0.3) is 11.0 Å². The first-order valence-corrected chi connectivity index (χ1v) is 9.62. The van der Waals surface area contributed by atoms with E-state index < -0.39 is 11.2 Å². The summed E-state index contributed by atoms with van der Waals surface area (Å²) >= 11 is 1.15. The maximum absolute atomic E-state index is 12.6. The van der Waals surface area contributed by atoms with Crippen LogP contribution in [0, 0.1) is 20.8 Å². The van der Waals surface area contributed by atoms with Gasteiger partial charge in [0.1, 0.15) is 16.2 Å². The average Bonchev–Trinajstić information content (AvgIpc) is 2.66. The molecular weight excluding hydrogens is 378 g/mol. The summed E-state index contributed by atoms with van der Waals surface area (Å²) in [4.78, 5) is 45.8. The highest BCUT2D eigenvalue weighted by Gasteiger charge is 2.17. The standard InChI is InChI=1S/C19H21N5O3S/c1-10-7-6-8-13(11(10)2)22-14(25)9-28-17-15-16(20-12(3)21-17)23(4)19(27)24(5)18(15)26/h6-8H,9H2,1-5H3,(H,22,25). The summed E-state index contributed by atoms with van der Waals surface area (Å²) in [6.45, 7) is 5.61. The molecule has 0 saturated heterocycles. The Balaban J connectivity index is 1.92. The summed E-state index contributed by atoms with van der Waals surface area (Å²) < 4.78 is 2.33. The van der Waals surface area contributed by atoms with Crippen LogP contribution in [-0.4, -0.2) is 30.8 Å². The topological polar surface area (TPSA) is 98.9 Å². The lowest BCUT2D eigenvalue weighted by molar-refractivity contribution is -0.113. The Morgan fingerprint density at radius 2 is 1.82 bits per heavy atom. The molecule has 0 aliphatic rings. The van der Waals surface area contributed by atoms with Crippen molar-refractivity contribution in [3.05, 3.63) is 56.0 Å². The fraction of sp³-hybridized carbons (Fsp3) is 0.316. The molecule has 1 amide bonds. The summed E-state index contributed by atoms with van der Waals surface area (Å²) in [6.07, 6.45) is 0. The van der Waals surface area contributed by atoms with Crippen LogP contribution in [0.5, 0.6) is 0 Å². The van der Waals surface area contributed by atoms with E-state index in [2.05, 4.69) is 15.3 Å². The van der Waals surface area contributed by atoms with E-state index >= 15 is 0 Å². The van der Waals surface area contributed by atoms with Crippen molar-refractivity contribution in [3.63, 3.8) is 0 Å². The molecule has 146 valence electrons. The first-order valence-electron chi connectivity index (χ1n) is 8.64. The van der Waals surface area contributed by atoms with Crippen molar-refractivity contribution >= 4 is 34.4 Å². The summed E-state index contributed by atoms with van der Waals surface area (Å²) in [5.41, 5.74) is 2.18. The second kappa shape index (κ2) is 7.59. The van der Waals surface area contributed by atoms with Gasteiger partial charge in [0.2, 0.25) is 5.91 Å². The zero-order valence-corrected chi connectivity index (χ0v) is 17.2. The molecular formula is C19H21N5O3S. The molecule has 0 saturated carbocycles. The molecule has 0 radical (unpaired) electrons. The Labute approximate surface area is 165 Å². The minimum atomic E-state index is -0.476. The molecule has 8 nitrogen and oxygen atoms in total. The number of amides is 1.